The van der Waals surface area contributed by atoms with Crippen molar-refractivity contribution in [2.45, 2.75) is 0 Å². The Kier molecular flexibility index (Phi) is 6.74. The lowest BCUT2D eigenvalue weighted by Gasteiger charge is -2.24. The Morgan fingerprint density at radius 2 is 1.52 bits per heavy atom. The average Bonchev–Trinajstić information content (AvgIpc) is 2.34. The van der Waals surface area contributed by atoms with Crippen molar-refractivity contribution in [3.05, 3.63) is 24.0 Å². The molecule has 0 amide bonds. The lowest BCUT2D eigenvalue weighted by atomic mass is 10.2. The molecule has 1 aromatic carbocycles. The number of phenols is 1. The third kappa shape index (κ3) is 8.11. The normalized spacial score (nSPS) is 12.3. The average molecular weight is 371 g/mol. The predicted molar refractivity (Wildman–Crippen MR) is 81.9 cm³/mol. The van der Waals surface area contributed by atoms with Gasteiger partial charge in [-0.2, -0.15) is 16.8 Å². The minimum atomic E-state index is -3.65. The van der Waals surface area contributed by atoms with Crippen molar-refractivity contribution in [1.82, 2.24) is 0 Å². The summed E-state index contributed by atoms with van der Waals surface area (Å²) in [4.78, 5) is 1.35. The van der Waals surface area contributed by atoms with Crippen molar-refractivity contribution in [2.24, 2.45) is 0 Å². The second kappa shape index (κ2) is 7.90. The second-order valence-electron chi connectivity index (χ2n) is 4.67. The minimum Gasteiger partial charge on any atom is -0.508 e. The fraction of sp³-hybridized carbons (Fsp3) is 0.500. The molecule has 0 radical (unpaired) electrons. The number of hydrogen-bond donors (Lipinski definition) is 1. The van der Waals surface area contributed by atoms with Gasteiger partial charge in [0.2, 0.25) is 0 Å². The summed E-state index contributed by atoms with van der Waals surface area (Å²) in [6.07, 6.45) is 1.76. The highest BCUT2D eigenvalue weighted by Gasteiger charge is 2.14. The van der Waals surface area contributed by atoms with E-state index in [0.717, 1.165) is 18.6 Å². The van der Waals surface area contributed by atoms with E-state index in [0.29, 0.717) is 0 Å². The van der Waals surface area contributed by atoms with Crippen LogP contribution >= 0.6 is 0 Å². The predicted octanol–water partition coefficient (Wildman–Crippen LogP) is 0.290. The summed E-state index contributed by atoms with van der Waals surface area (Å²) in [5, 5.41) is 9.22. The summed E-state index contributed by atoms with van der Waals surface area (Å²) in [6.45, 7) is -0.556. The molecule has 0 saturated carbocycles. The number of nitrogens with zero attached hydrogens (tertiary/aromatic N) is 1. The zero-order valence-electron chi connectivity index (χ0n) is 12.6. The Bertz CT molecular complexity index is 696. The highest BCUT2D eigenvalue weighted by Crippen LogP contribution is 2.23. The van der Waals surface area contributed by atoms with Gasteiger partial charge < -0.3 is 10.0 Å². The Morgan fingerprint density at radius 1 is 1.04 bits per heavy atom. The van der Waals surface area contributed by atoms with Crippen LogP contribution in [0.15, 0.2) is 18.2 Å². The largest absolute Gasteiger partial charge is 0.508 e. The maximum atomic E-state index is 13.9. The number of anilines is 1. The maximum absolute atomic E-state index is 13.9. The molecule has 0 aliphatic heterocycles. The van der Waals surface area contributed by atoms with Gasteiger partial charge in [-0.25, -0.2) is 4.39 Å². The molecule has 0 spiro atoms. The molecule has 0 fully saturated rings. The fourth-order valence-corrected chi connectivity index (χ4v) is 2.46. The highest BCUT2D eigenvalue weighted by molar-refractivity contribution is 7.86. The third-order valence-electron chi connectivity index (χ3n) is 2.59. The molecule has 8 nitrogen and oxygen atoms in total. The van der Waals surface area contributed by atoms with E-state index < -0.39 is 26.1 Å². The molecule has 0 heterocycles. The van der Waals surface area contributed by atoms with Crippen LogP contribution in [-0.4, -0.2) is 60.8 Å². The standard InChI is InChI=1S/C12H18FNO7S2/c1-22(16,17)20-7-5-14(6-8-21-23(2,18)19)12-4-3-10(15)9-11(12)13/h3-4,9,15H,5-8H2,1-2H3. The zero-order valence-corrected chi connectivity index (χ0v) is 14.2. The molecular weight excluding hydrogens is 353 g/mol. The number of phenolic OH excluding ortho intramolecular Hbond substituents is 1. The summed E-state index contributed by atoms with van der Waals surface area (Å²) in [6, 6.07) is 3.42. The molecule has 0 aliphatic carbocycles. The van der Waals surface area contributed by atoms with Gasteiger partial charge in [0.25, 0.3) is 20.2 Å². The number of rotatable bonds is 9. The quantitative estimate of drug-likeness (QED) is 0.617. The van der Waals surface area contributed by atoms with Crippen molar-refractivity contribution >= 4 is 25.9 Å². The molecule has 0 bridgehead atoms. The van der Waals surface area contributed by atoms with Gasteiger partial charge in [0, 0.05) is 19.2 Å². The second-order valence-corrected chi connectivity index (χ2v) is 7.96. The molecule has 0 saturated heterocycles. The molecule has 1 rings (SSSR count). The van der Waals surface area contributed by atoms with E-state index in [4.69, 9.17) is 0 Å². The van der Waals surface area contributed by atoms with E-state index in [2.05, 4.69) is 8.37 Å². The molecule has 132 valence electrons. The maximum Gasteiger partial charge on any atom is 0.264 e. The zero-order chi connectivity index (χ0) is 17.7. The van der Waals surface area contributed by atoms with Crippen molar-refractivity contribution in [3.8, 4) is 5.75 Å². The Labute approximate surface area is 134 Å². The van der Waals surface area contributed by atoms with Crippen molar-refractivity contribution in [2.75, 3.05) is 43.7 Å². The van der Waals surface area contributed by atoms with Gasteiger partial charge in [0.15, 0.2) is 0 Å². The topological polar surface area (TPSA) is 110 Å². The Hall–Kier alpha value is -1.43. The molecule has 1 aromatic rings. The van der Waals surface area contributed by atoms with Gasteiger partial charge >= 0.3 is 0 Å². The van der Waals surface area contributed by atoms with Crippen LogP contribution in [0.5, 0.6) is 5.75 Å². The van der Waals surface area contributed by atoms with Crippen LogP contribution < -0.4 is 4.90 Å². The highest BCUT2D eigenvalue weighted by atomic mass is 32.2. The van der Waals surface area contributed by atoms with Crippen molar-refractivity contribution < 1.29 is 34.7 Å². The Morgan fingerprint density at radius 3 is 1.91 bits per heavy atom. The van der Waals surface area contributed by atoms with E-state index in [1.165, 1.54) is 17.0 Å². The van der Waals surface area contributed by atoms with E-state index in [1.807, 2.05) is 0 Å². The molecule has 0 aliphatic rings. The lowest BCUT2D eigenvalue weighted by molar-refractivity contribution is 0.309. The van der Waals surface area contributed by atoms with Crippen LogP contribution in [-0.2, 0) is 28.6 Å². The SMILES string of the molecule is CS(=O)(=O)OCCN(CCOS(C)(=O)=O)c1ccc(O)cc1F. The van der Waals surface area contributed by atoms with Crippen LogP contribution in [0.4, 0.5) is 10.1 Å². The lowest BCUT2D eigenvalue weighted by Crippen LogP contribution is -2.32. The van der Waals surface area contributed by atoms with E-state index >= 15 is 0 Å². The van der Waals surface area contributed by atoms with Crippen LogP contribution in [0.3, 0.4) is 0 Å². The van der Waals surface area contributed by atoms with E-state index in [9.17, 15) is 26.3 Å². The first-order valence-electron chi connectivity index (χ1n) is 6.40. The Balaban J connectivity index is 2.82. The van der Waals surface area contributed by atoms with Gasteiger partial charge in [-0.1, -0.05) is 0 Å². The van der Waals surface area contributed by atoms with Gasteiger partial charge in [-0.3, -0.25) is 8.37 Å². The smallest absolute Gasteiger partial charge is 0.264 e. The number of aromatic hydroxyl groups is 1. The fourth-order valence-electron chi connectivity index (χ4n) is 1.70. The van der Waals surface area contributed by atoms with Crippen LogP contribution in [0.25, 0.3) is 0 Å². The van der Waals surface area contributed by atoms with Crippen LogP contribution in [0.1, 0.15) is 0 Å². The molecular formula is C12H18FNO7S2. The molecule has 1 N–H and O–H groups in total. The van der Waals surface area contributed by atoms with Gasteiger partial charge in [-0.15, -0.1) is 0 Å². The number of benzene rings is 1. The van der Waals surface area contributed by atoms with Crippen LogP contribution in [0.2, 0.25) is 0 Å². The summed E-state index contributed by atoms with van der Waals surface area (Å²) >= 11 is 0. The summed E-state index contributed by atoms with van der Waals surface area (Å²) in [5.41, 5.74) is 0.0528. The van der Waals surface area contributed by atoms with E-state index in [-0.39, 0.29) is 37.7 Å². The third-order valence-corrected chi connectivity index (χ3v) is 3.78. The van der Waals surface area contributed by atoms with Crippen molar-refractivity contribution in [1.29, 1.82) is 0 Å². The van der Waals surface area contributed by atoms with Crippen molar-refractivity contribution in [3.63, 3.8) is 0 Å². The van der Waals surface area contributed by atoms with Gasteiger partial charge in [-0.05, 0) is 12.1 Å². The number of halogens is 1. The molecule has 11 heteroatoms. The molecule has 0 unspecified atom stereocenters. The first-order chi connectivity index (χ1) is 10.5. The number of hydrogen-bond acceptors (Lipinski definition) is 8. The minimum absolute atomic E-state index is 0.0259. The molecule has 23 heavy (non-hydrogen) atoms. The van der Waals surface area contributed by atoms with Crippen LogP contribution in [0, 0.1) is 5.82 Å². The summed E-state index contributed by atoms with van der Waals surface area (Å²) in [7, 11) is -7.30. The summed E-state index contributed by atoms with van der Waals surface area (Å²) in [5.74, 6) is -1.02. The first-order valence-corrected chi connectivity index (χ1v) is 10.0. The first kappa shape index (κ1) is 19.6. The monoisotopic (exact) mass is 371 g/mol. The van der Waals surface area contributed by atoms with Gasteiger partial charge in [0.05, 0.1) is 31.4 Å². The van der Waals surface area contributed by atoms with E-state index in [1.54, 1.807) is 0 Å². The van der Waals surface area contributed by atoms with Gasteiger partial charge in [0.1, 0.15) is 11.6 Å². The molecule has 0 atom stereocenters. The molecule has 0 aromatic heterocycles. The summed E-state index contributed by atoms with van der Waals surface area (Å²) < 4.78 is 66.9.